The number of fused-ring (bicyclic) bond motifs is 1. The topological polar surface area (TPSA) is 147 Å². The van der Waals surface area contributed by atoms with E-state index >= 15 is 0 Å². The Hall–Kier alpha value is -3.43. The van der Waals surface area contributed by atoms with E-state index in [2.05, 4.69) is 26.9 Å². The Morgan fingerprint density at radius 2 is 1.96 bits per heavy atom. The van der Waals surface area contributed by atoms with E-state index in [1.807, 2.05) is 0 Å². The molecule has 1 aromatic rings. The van der Waals surface area contributed by atoms with Gasteiger partial charge in [-0.3, -0.25) is 19.2 Å². The highest BCUT2D eigenvalue weighted by molar-refractivity contribution is 6.36. The molecule has 1 aromatic heterocycles. The fourth-order valence-corrected chi connectivity index (χ4v) is 2.74. The smallest absolute Gasteiger partial charge is 0.338 e. The van der Waals surface area contributed by atoms with Gasteiger partial charge in [0.25, 0.3) is 5.91 Å². The van der Waals surface area contributed by atoms with E-state index in [1.165, 1.54) is 12.3 Å². The van der Waals surface area contributed by atoms with Gasteiger partial charge in [0.05, 0.1) is 5.56 Å². The van der Waals surface area contributed by atoms with Gasteiger partial charge < -0.3 is 16.0 Å². The molecule has 2 aliphatic heterocycles. The summed E-state index contributed by atoms with van der Waals surface area (Å²) in [4.78, 5) is 59.4. The maximum Gasteiger partial charge on any atom is 0.338 e. The number of nitrogens with one attached hydrogen (secondary N) is 1. The van der Waals surface area contributed by atoms with Crippen LogP contribution in [0.25, 0.3) is 0 Å². The zero-order chi connectivity index (χ0) is 18.1. The molecule has 0 aromatic carbocycles. The molecular weight excluding hydrogens is 328 g/mol. The number of aromatic nitrogens is 1. The first-order valence-electron chi connectivity index (χ1n) is 7.43. The SMILES string of the molecule is C=CC(=O)N[C@@H]1CCN(c2ncc(C(N)=O)c3c2=NC(=O)C(=O)N=3)C1. The zero-order valence-corrected chi connectivity index (χ0v) is 13.1. The second-order valence-electron chi connectivity index (χ2n) is 5.54. The summed E-state index contributed by atoms with van der Waals surface area (Å²) in [5.41, 5.74) is 5.18. The van der Waals surface area contributed by atoms with Crippen LogP contribution in [-0.4, -0.2) is 47.7 Å². The van der Waals surface area contributed by atoms with Crippen LogP contribution in [-0.2, 0) is 14.4 Å². The quantitative estimate of drug-likeness (QED) is 0.452. The summed E-state index contributed by atoms with van der Waals surface area (Å²) < 4.78 is 0. The molecule has 10 nitrogen and oxygen atoms in total. The molecule has 1 saturated heterocycles. The summed E-state index contributed by atoms with van der Waals surface area (Å²) in [7, 11) is 0. The Labute approximate surface area is 141 Å². The highest BCUT2D eigenvalue weighted by atomic mass is 16.2. The van der Waals surface area contributed by atoms with Crippen molar-refractivity contribution >= 4 is 29.4 Å². The summed E-state index contributed by atoms with van der Waals surface area (Å²) in [5.74, 6) is -2.90. The number of carbonyl (C=O) groups excluding carboxylic acids is 4. The minimum absolute atomic E-state index is 0.0385. The van der Waals surface area contributed by atoms with Crippen molar-refractivity contribution in [3.8, 4) is 0 Å². The molecule has 128 valence electrons. The predicted molar refractivity (Wildman–Crippen MR) is 84.0 cm³/mol. The fourth-order valence-electron chi connectivity index (χ4n) is 2.74. The number of hydrogen-bond donors (Lipinski definition) is 2. The van der Waals surface area contributed by atoms with Gasteiger partial charge in [-0.25, -0.2) is 9.98 Å². The van der Waals surface area contributed by atoms with E-state index in [-0.39, 0.29) is 28.2 Å². The van der Waals surface area contributed by atoms with Crippen molar-refractivity contribution in [1.82, 2.24) is 10.3 Å². The van der Waals surface area contributed by atoms with Crippen molar-refractivity contribution in [2.75, 3.05) is 18.0 Å². The molecule has 3 heterocycles. The number of carbonyl (C=O) groups is 4. The van der Waals surface area contributed by atoms with Crippen LogP contribution in [0.4, 0.5) is 5.82 Å². The molecule has 0 spiro atoms. The van der Waals surface area contributed by atoms with Crippen LogP contribution in [0.2, 0.25) is 0 Å². The lowest BCUT2D eigenvalue weighted by molar-refractivity contribution is -0.135. The van der Waals surface area contributed by atoms with Crippen LogP contribution in [0.1, 0.15) is 16.8 Å². The van der Waals surface area contributed by atoms with Gasteiger partial charge in [0.15, 0.2) is 5.82 Å². The molecule has 0 unspecified atom stereocenters. The highest BCUT2D eigenvalue weighted by Gasteiger charge is 2.28. The molecule has 1 fully saturated rings. The maximum atomic E-state index is 11.6. The lowest BCUT2D eigenvalue weighted by Crippen LogP contribution is -2.45. The average Bonchev–Trinajstić information content (AvgIpc) is 3.02. The van der Waals surface area contributed by atoms with Crippen LogP contribution in [0, 0.1) is 0 Å². The largest absolute Gasteiger partial charge is 0.365 e. The molecule has 0 aliphatic carbocycles. The molecule has 1 atom stereocenters. The summed E-state index contributed by atoms with van der Waals surface area (Å²) in [6, 6.07) is -0.128. The van der Waals surface area contributed by atoms with Crippen molar-refractivity contribution in [3.63, 3.8) is 0 Å². The molecule has 3 rings (SSSR count). The first-order chi connectivity index (χ1) is 11.9. The summed E-state index contributed by atoms with van der Waals surface area (Å²) >= 11 is 0. The van der Waals surface area contributed by atoms with Gasteiger partial charge in [-0.2, -0.15) is 4.99 Å². The molecule has 0 saturated carbocycles. The van der Waals surface area contributed by atoms with Gasteiger partial charge in [0.1, 0.15) is 10.7 Å². The van der Waals surface area contributed by atoms with E-state index in [0.29, 0.717) is 25.3 Å². The first kappa shape index (κ1) is 16.4. The molecule has 0 radical (unpaired) electrons. The Balaban J connectivity index is 2.03. The van der Waals surface area contributed by atoms with Crippen molar-refractivity contribution in [1.29, 1.82) is 0 Å². The van der Waals surface area contributed by atoms with Crippen molar-refractivity contribution in [2.45, 2.75) is 12.5 Å². The van der Waals surface area contributed by atoms with E-state index in [0.717, 1.165) is 0 Å². The van der Waals surface area contributed by atoms with Gasteiger partial charge in [-0.1, -0.05) is 6.58 Å². The van der Waals surface area contributed by atoms with Crippen LogP contribution in [0.15, 0.2) is 28.8 Å². The van der Waals surface area contributed by atoms with E-state index < -0.39 is 17.7 Å². The van der Waals surface area contributed by atoms with Gasteiger partial charge in [0, 0.05) is 25.3 Å². The number of nitrogens with zero attached hydrogens (tertiary/aromatic N) is 4. The van der Waals surface area contributed by atoms with Gasteiger partial charge in [-0.15, -0.1) is 0 Å². The average molecular weight is 342 g/mol. The second kappa shape index (κ2) is 6.23. The van der Waals surface area contributed by atoms with Gasteiger partial charge in [-0.05, 0) is 12.5 Å². The number of rotatable bonds is 4. The van der Waals surface area contributed by atoms with Crippen molar-refractivity contribution in [3.05, 3.63) is 35.1 Å². The third-order valence-electron chi connectivity index (χ3n) is 3.90. The van der Waals surface area contributed by atoms with Crippen molar-refractivity contribution in [2.24, 2.45) is 15.7 Å². The minimum atomic E-state index is -1.07. The normalized spacial score (nSPS) is 18.9. The van der Waals surface area contributed by atoms with E-state index in [9.17, 15) is 19.2 Å². The Bertz CT molecular complexity index is 938. The molecule has 3 N–H and O–H groups in total. The predicted octanol–water partition coefficient (Wildman–Crippen LogP) is -2.63. The molecule has 2 aliphatic rings. The zero-order valence-electron chi connectivity index (χ0n) is 13.1. The van der Waals surface area contributed by atoms with Crippen LogP contribution in [0.3, 0.4) is 0 Å². The summed E-state index contributed by atoms with van der Waals surface area (Å²) in [6.45, 7) is 4.36. The number of primary amides is 1. The van der Waals surface area contributed by atoms with E-state index in [1.54, 1.807) is 4.90 Å². The number of nitrogens with two attached hydrogens (primary N) is 1. The summed E-state index contributed by atoms with van der Waals surface area (Å²) in [6.07, 6.45) is 3.04. The number of amides is 4. The molecule has 0 bridgehead atoms. The van der Waals surface area contributed by atoms with Crippen LogP contribution >= 0.6 is 0 Å². The number of pyridine rings is 1. The lowest BCUT2D eigenvalue weighted by Gasteiger charge is -2.18. The van der Waals surface area contributed by atoms with Crippen LogP contribution < -0.4 is 26.7 Å². The third-order valence-corrected chi connectivity index (χ3v) is 3.90. The molecule has 4 amide bonds. The first-order valence-corrected chi connectivity index (χ1v) is 7.43. The number of hydrogen-bond acceptors (Lipinski definition) is 6. The molecule has 25 heavy (non-hydrogen) atoms. The Morgan fingerprint density at radius 3 is 2.60 bits per heavy atom. The number of anilines is 1. The fraction of sp³-hybridized carbons (Fsp3) is 0.267. The second-order valence-corrected chi connectivity index (χ2v) is 5.54. The Kier molecular flexibility index (Phi) is 4.09. The lowest BCUT2D eigenvalue weighted by atomic mass is 10.2. The maximum absolute atomic E-state index is 11.6. The standard InChI is InChI=1S/C15H14N6O4/c1-2-9(22)18-7-3-4-21(6-7)13-11-10(8(5-17-13)12(16)23)19-14(24)15(25)20-11/h2,5,7H,1,3-4,6H2,(H2,16,23)(H,18,22)/t7-/m1/s1. The van der Waals surface area contributed by atoms with Crippen molar-refractivity contribution < 1.29 is 19.2 Å². The highest BCUT2D eigenvalue weighted by Crippen LogP contribution is 2.14. The molecular formula is C15H14N6O4. The Morgan fingerprint density at radius 1 is 1.28 bits per heavy atom. The van der Waals surface area contributed by atoms with Crippen LogP contribution in [0.5, 0.6) is 0 Å². The molecule has 10 heteroatoms. The van der Waals surface area contributed by atoms with E-state index in [4.69, 9.17) is 5.73 Å². The minimum Gasteiger partial charge on any atom is -0.365 e. The van der Waals surface area contributed by atoms with Gasteiger partial charge in [0.2, 0.25) is 5.91 Å². The van der Waals surface area contributed by atoms with Gasteiger partial charge >= 0.3 is 11.8 Å². The summed E-state index contributed by atoms with van der Waals surface area (Å²) in [5, 5.41) is 2.76. The third kappa shape index (κ3) is 3.01. The monoisotopic (exact) mass is 342 g/mol.